The molecule has 1 N–H and O–H groups in total. The first kappa shape index (κ1) is 28.2. The summed E-state index contributed by atoms with van der Waals surface area (Å²) in [6.07, 6.45) is 1.63. The molecule has 1 aliphatic rings. The molecule has 5 aromatic rings. The van der Waals surface area contributed by atoms with Crippen molar-refractivity contribution in [2.24, 2.45) is 0 Å². The molecule has 0 amide bonds. The minimum absolute atomic E-state index is 0.135. The van der Waals surface area contributed by atoms with E-state index in [0.717, 1.165) is 29.5 Å². The van der Waals surface area contributed by atoms with Gasteiger partial charge in [-0.05, 0) is 67.3 Å². The van der Waals surface area contributed by atoms with Crippen LogP contribution in [0.3, 0.4) is 0 Å². The molecule has 1 saturated heterocycles. The second kappa shape index (κ2) is 11.7. The third kappa shape index (κ3) is 5.34. The minimum Gasteiger partial charge on any atom is -0.296 e. The first-order valence-electron chi connectivity index (χ1n) is 14.1. The van der Waals surface area contributed by atoms with Crippen molar-refractivity contribution in [3.63, 3.8) is 0 Å². The zero-order valence-electron chi connectivity index (χ0n) is 23.4. The Morgan fingerprint density at radius 3 is 1.67 bits per heavy atom. The highest BCUT2D eigenvalue weighted by atomic mass is 32.2. The zero-order chi connectivity index (χ0) is 29.2. The summed E-state index contributed by atoms with van der Waals surface area (Å²) in [5, 5.41) is 1.13. The maximum absolute atomic E-state index is 16.2. The largest absolute Gasteiger partial charge is 0.296 e. The Labute approximate surface area is 248 Å². The molecule has 0 radical (unpaired) electrons. The number of para-hydroxylation sites is 1. The van der Waals surface area contributed by atoms with E-state index in [4.69, 9.17) is 0 Å². The molecule has 1 unspecified atom stereocenters. The van der Waals surface area contributed by atoms with Crippen molar-refractivity contribution >= 4 is 33.6 Å². The normalized spacial score (nSPS) is 18.8. The van der Waals surface area contributed by atoms with Crippen LogP contribution in [-0.4, -0.2) is 13.1 Å². The smallest absolute Gasteiger partial charge is 0.261 e. The topological polar surface area (TPSA) is 66.5 Å². The summed E-state index contributed by atoms with van der Waals surface area (Å²) in [5.41, 5.74) is 3.46. The number of hydrogen-bond acceptors (Lipinski definition) is 3. The highest BCUT2D eigenvalue weighted by Gasteiger charge is 2.48. The van der Waals surface area contributed by atoms with E-state index >= 15 is 4.57 Å². The van der Waals surface area contributed by atoms with Gasteiger partial charge >= 0.3 is 0 Å². The standard InChI is InChI=1S/C35H33N2O3PS/c1-27-21-23-31(24-22-27)42(39,40)36-32-19-11-12-20-35(32)41(38,30-17-9-4-10-18-30)37-33(28-13-5-2-6-14-28)25-26-34(37)29-15-7-3-8-16-29/h2-24,33-34,36H,25-26H2,1H3/t33-,34-,41?/m1/s1. The average molecular weight is 593 g/mol. The Kier molecular flexibility index (Phi) is 7.87. The molecule has 1 heterocycles. The average Bonchev–Trinajstić information content (AvgIpc) is 3.48. The maximum atomic E-state index is 16.2. The lowest BCUT2D eigenvalue weighted by Crippen LogP contribution is -2.35. The molecule has 5 nitrogen and oxygen atoms in total. The van der Waals surface area contributed by atoms with E-state index in [2.05, 4.69) is 33.7 Å². The van der Waals surface area contributed by atoms with Gasteiger partial charge < -0.3 is 0 Å². The van der Waals surface area contributed by atoms with E-state index in [0.29, 0.717) is 16.3 Å². The van der Waals surface area contributed by atoms with Crippen LogP contribution in [0.25, 0.3) is 0 Å². The SMILES string of the molecule is Cc1ccc(S(=O)(=O)Nc2ccccc2P(=O)(c2ccccc2)N2[C@@H](c3ccccc3)CC[C@@H]2c2ccccc2)cc1. The van der Waals surface area contributed by atoms with Gasteiger partial charge in [-0.1, -0.05) is 109 Å². The predicted molar refractivity (Wildman–Crippen MR) is 171 cm³/mol. The Bertz CT molecular complexity index is 1770. The molecule has 3 atom stereocenters. The van der Waals surface area contributed by atoms with Crippen LogP contribution >= 0.6 is 7.29 Å². The Hall–Kier alpha value is -3.96. The molecule has 212 valence electrons. The number of rotatable bonds is 8. The quantitative estimate of drug-likeness (QED) is 0.189. The highest BCUT2D eigenvalue weighted by molar-refractivity contribution is 7.92. The molecule has 0 spiro atoms. The summed E-state index contributed by atoms with van der Waals surface area (Å²) in [4.78, 5) is 0.156. The van der Waals surface area contributed by atoms with Gasteiger partial charge in [-0.3, -0.25) is 9.29 Å². The van der Waals surface area contributed by atoms with Crippen LogP contribution in [-0.2, 0) is 14.6 Å². The Balaban J connectivity index is 1.56. The molecule has 0 aliphatic carbocycles. The van der Waals surface area contributed by atoms with Gasteiger partial charge in [0.05, 0.1) is 15.9 Å². The van der Waals surface area contributed by atoms with Crippen LogP contribution in [0.2, 0.25) is 0 Å². The van der Waals surface area contributed by atoms with Crippen LogP contribution in [0.4, 0.5) is 5.69 Å². The van der Waals surface area contributed by atoms with Crippen LogP contribution in [0.1, 0.15) is 41.6 Å². The van der Waals surface area contributed by atoms with E-state index in [9.17, 15) is 8.42 Å². The molecule has 6 rings (SSSR count). The number of hydrogen-bond donors (Lipinski definition) is 1. The predicted octanol–water partition coefficient (Wildman–Crippen LogP) is 7.60. The fraction of sp³-hybridized carbons (Fsp3) is 0.143. The van der Waals surface area contributed by atoms with Gasteiger partial charge in [-0.25, -0.2) is 13.1 Å². The molecule has 7 heteroatoms. The molecule has 0 aromatic heterocycles. The van der Waals surface area contributed by atoms with Crippen molar-refractivity contribution in [2.75, 3.05) is 4.72 Å². The Morgan fingerprint density at radius 1 is 0.643 bits per heavy atom. The maximum Gasteiger partial charge on any atom is 0.261 e. The van der Waals surface area contributed by atoms with Crippen LogP contribution in [0.5, 0.6) is 0 Å². The Morgan fingerprint density at radius 2 is 1.12 bits per heavy atom. The van der Waals surface area contributed by atoms with Crippen molar-refractivity contribution < 1.29 is 13.0 Å². The number of nitrogens with one attached hydrogen (secondary N) is 1. The molecule has 1 fully saturated rings. The second-order valence-electron chi connectivity index (χ2n) is 10.7. The van der Waals surface area contributed by atoms with Crippen molar-refractivity contribution in [3.8, 4) is 0 Å². The van der Waals surface area contributed by atoms with E-state index < -0.39 is 17.3 Å². The van der Waals surface area contributed by atoms with Crippen LogP contribution in [0, 0.1) is 6.92 Å². The molecule has 5 aromatic carbocycles. The van der Waals surface area contributed by atoms with E-state index in [1.807, 2.05) is 85.8 Å². The summed E-state index contributed by atoms with van der Waals surface area (Å²) < 4.78 is 48.4. The van der Waals surface area contributed by atoms with Crippen molar-refractivity contribution in [3.05, 3.63) is 156 Å². The number of nitrogens with zero attached hydrogens (tertiary/aromatic N) is 1. The van der Waals surface area contributed by atoms with Gasteiger partial charge in [0, 0.05) is 17.4 Å². The summed E-state index contributed by atoms with van der Waals surface area (Å²) in [6, 6.07) is 43.5. The summed E-state index contributed by atoms with van der Waals surface area (Å²) >= 11 is 0. The molecule has 0 saturated carbocycles. The van der Waals surface area contributed by atoms with Crippen molar-refractivity contribution in [1.82, 2.24) is 4.67 Å². The lowest BCUT2D eigenvalue weighted by Gasteiger charge is -2.39. The van der Waals surface area contributed by atoms with Gasteiger partial charge in [-0.2, -0.15) is 0 Å². The molecule has 0 bridgehead atoms. The zero-order valence-corrected chi connectivity index (χ0v) is 25.1. The van der Waals surface area contributed by atoms with Gasteiger partial charge in [0.15, 0.2) is 0 Å². The van der Waals surface area contributed by atoms with E-state index in [-0.39, 0.29) is 17.0 Å². The molecule has 42 heavy (non-hydrogen) atoms. The number of benzene rings is 5. The fourth-order valence-corrected chi connectivity index (χ4v) is 10.5. The van der Waals surface area contributed by atoms with Gasteiger partial charge in [0.1, 0.15) is 0 Å². The third-order valence-electron chi connectivity index (χ3n) is 7.96. The van der Waals surface area contributed by atoms with Gasteiger partial charge in [0.25, 0.3) is 10.0 Å². The summed E-state index contributed by atoms with van der Waals surface area (Å²) in [6.45, 7) is 1.91. The van der Waals surface area contributed by atoms with Crippen LogP contribution in [0.15, 0.2) is 144 Å². The van der Waals surface area contributed by atoms with Gasteiger partial charge in [0.2, 0.25) is 7.29 Å². The molecular formula is C35H33N2O3PS. The molecule has 1 aliphatic heterocycles. The lowest BCUT2D eigenvalue weighted by atomic mass is 10.0. The third-order valence-corrected chi connectivity index (χ3v) is 12.6. The fourth-order valence-electron chi connectivity index (χ4n) is 5.95. The monoisotopic (exact) mass is 592 g/mol. The van der Waals surface area contributed by atoms with Crippen molar-refractivity contribution in [1.29, 1.82) is 0 Å². The first-order valence-corrected chi connectivity index (χ1v) is 17.3. The lowest BCUT2D eigenvalue weighted by molar-refractivity contribution is 0.337. The summed E-state index contributed by atoms with van der Waals surface area (Å²) in [7, 11) is -7.57. The highest BCUT2D eigenvalue weighted by Crippen LogP contribution is 2.62. The van der Waals surface area contributed by atoms with Crippen molar-refractivity contribution in [2.45, 2.75) is 36.7 Å². The van der Waals surface area contributed by atoms with Gasteiger partial charge in [-0.15, -0.1) is 0 Å². The van der Waals surface area contributed by atoms with Crippen LogP contribution < -0.4 is 15.3 Å². The molecular weight excluding hydrogens is 559 g/mol. The minimum atomic E-state index is -3.94. The van der Waals surface area contributed by atoms with E-state index in [1.165, 1.54) is 0 Å². The first-order chi connectivity index (χ1) is 20.4. The second-order valence-corrected chi connectivity index (χ2v) is 15.0. The summed E-state index contributed by atoms with van der Waals surface area (Å²) in [5.74, 6) is 0. The number of aryl methyl sites for hydroxylation is 1. The number of sulfonamides is 1. The number of anilines is 1. The van der Waals surface area contributed by atoms with E-state index in [1.54, 1.807) is 36.4 Å².